The van der Waals surface area contributed by atoms with Crippen LogP contribution in [0.1, 0.15) is 49.8 Å². The average molecular weight is 261 g/mol. The summed E-state index contributed by atoms with van der Waals surface area (Å²) in [7, 11) is 0. The predicted octanol–water partition coefficient (Wildman–Crippen LogP) is 4.14. The van der Waals surface area contributed by atoms with Crippen molar-refractivity contribution in [2.24, 2.45) is 5.41 Å². The summed E-state index contributed by atoms with van der Waals surface area (Å²) in [6, 6.07) is 9.51. The van der Waals surface area contributed by atoms with Gasteiger partial charge in [0.2, 0.25) is 0 Å². The van der Waals surface area contributed by atoms with Crippen molar-refractivity contribution in [2.75, 3.05) is 12.3 Å². The first-order chi connectivity index (χ1) is 8.77. The lowest BCUT2D eigenvalue weighted by molar-refractivity contribution is 0.302. The highest BCUT2D eigenvalue weighted by Crippen LogP contribution is 2.38. The summed E-state index contributed by atoms with van der Waals surface area (Å²) in [6.07, 6.45) is 5.66. The van der Waals surface area contributed by atoms with Crippen molar-refractivity contribution in [3.05, 3.63) is 35.4 Å². The molecule has 3 rings (SSSR count). The van der Waals surface area contributed by atoms with Crippen LogP contribution in [0.2, 0.25) is 0 Å². The standard InChI is InChI=1S/C16H23NS/c1-16(8-4-5-9-16)12-17-15-11-18-10-13-6-2-3-7-14(13)15/h2-3,6-7,15,17H,4-5,8-12H2,1H3. The summed E-state index contributed by atoms with van der Waals surface area (Å²) in [6.45, 7) is 3.64. The van der Waals surface area contributed by atoms with Crippen LogP contribution in [0.3, 0.4) is 0 Å². The molecule has 1 saturated carbocycles. The van der Waals surface area contributed by atoms with Crippen LogP contribution in [0, 0.1) is 5.41 Å². The maximum absolute atomic E-state index is 3.84. The van der Waals surface area contributed by atoms with Crippen LogP contribution in [-0.2, 0) is 5.75 Å². The van der Waals surface area contributed by atoms with Gasteiger partial charge in [0.25, 0.3) is 0 Å². The van der Waals surface area contributed by atoms with Crippen molar-refractivity contribution in [3.63, 3.8) is 0 Å². The van der Waals surface area contributed by atoms with E-state index in [-0.39, 0.29) is 0 Å². The van der Waals surface area contributed by atoms with Crippen LogP contribution in [0.25, 0.3) is 0 Å². The molecule has 2 aliphatic rings. The number of rotatable bonds is 3. The maximum Gasteiger partial charge on any atom is 0.0415 e. The molecule has 1 aromatic rings. The Morgan fingerprint density at radius 2 is 2.06 bits per heavy atom. The van der Waals surface area contributed by atoms with Gasteiger partial charge in [-0.05, 0) is 29.4 Å². The van der Waals surface area contributed by atoms with Crippen LogP contribution in [0.15, 0.2) is 24.3 Å². The minimum absolute atomic E-state index is 0.553. The molecule has 18 heavy (non-hydrogen) atoms. The zero-order valence-corrected chi connectivity index (χ0v) is 12.1. The summed E-state index contributed by atoms with van der Waals surface area (Å²) < 4.78 is 0. The van der Waals surface area contributed by atoms with E-state index in [0.717, 1.165) is 0 Å². The van der Waals surface area contributed by atoms with E-state index >= 15 is 0 Å². The SMILES string of the molecule is CC1(CNC2CSCc3ccccc32)CCCC1. The number of fused-ring (bicyclic) bond motifs is 1. The van der Waals surface area contributed by atoms with Gasteiger partial charge < -0.3 is 5.32 Å². The lowest BCUT2D eigenvalue weighted by Gasteiger charge is -2.31. The summed E-state index contributed by atoms with van der Waals surface area (Å²) in [5.74, 6) is 2.42. The Morgan fingerprint density at radius 3 is 2.89 bits per heavy atom. The fourth-order valence-corrected chi connectivity index (χ4v) is 4.46. The minimum Gasteiger partial charge on any atom is -0.309 e. The topological polar surface area (TPSA) is 12.0 Å². The molecule has 0 amide bonds. The molecule has 1 unspecified atom stereocenters. The van der Waals surface area contributed by atoms with Gasteiger partial charge in [-0.15, -0.1) is 0 Å². The fourth-order valence-electron chi connectivity index (χ4n) is 3.33. The first-order valence-corrected chi connectivity index (χ1v) is 8.31. The molecule has 1 aromatic carbocycles. The quantitative estimate of drug-likeness (QED) is 0.877. The van der Waals surface area contributed by atoms with Gasteiger partial charge in [0.1, 0.15) is 0 Å². The van der Waals surface area contributed by atoms with E-state index in [0.29, 0.717) is 11.5 Å². The summed E-state index contributed by atoms with van der Waals surface area (Å²) >= 11 is 2.06. The Balaban J connectivity index is 1.67. The van der Waals surface area contributed by atoms with Crippen LogP contribution < -0.4 is 5.32 Å². The molecule has 1 N–H and O–H groups in total. The molecule has 1 aliphatic heterocycles. The Bertz CT molecular complexity index is 409. The van der Waals surface area contributed by atoms with E-state index in [4.69, 9.17) is 0 Å². The Kier molecular flexibility index (Phi) is 3.67. The summed E-state index contributed by atoms with van der Waals surface area (Å²) in [5, 5.41) is 3.84. The van der Waals surface area contributed by atoms with Crippen LogP contribution in [0.4, 0.5) is 0 Å². The molecule has 1 aliphatic carbocycles. The lowest BCUT2D eigenvalue weighted by Crippen LogP contribution is -2.35. The van der Waals surface area contributed by atoms with Crippen molar-refractivity contribution in [1.29, 1.82) is 0 Å². The van der Waals surface area contributed by atoms with Gasteiger partial charge in [-0.1, -0.05) is 44.0 Å². The third kappa shape index (κ3) is 2.60. The second-order valence-corrected chi connectivity index (χ2v) is 7.20. The van der Waals surface area contributed by atoms with E-state index in [2.05, 4.69) is 48.3 Å². The third-order valence-corrected chi connectivity index (χ3v) is 5.64. The number of benzene rings is 1. The van der Waals surface area contributed by atoms with Crippen LogP contribution in [0.5, 0.6) is 0 Å². The van der Waals surface area contributed by atoms with Gasteiger partial charge in [-0.2, -0.15) is 11.8 Å². The molecular formula is C16H23NS. The zero-order valence-electron chi connectivity index (χ0n) is 11.2. The number of hydrogen-bond donors (Lipinski definition) is 1. The molecule has 0 saturated heterocycles. The molecular weight excluding hydrogens is 238 g/mol. The minimum atomic E-state index is 0.553. The monoisotopic (exact) mass is 261 g/mol. The smallest absolute Gasteiger partial charge is 0.0415 e. The predicted molar refractivity (Wildman–Crippen MR) is 79.9 cm³/mol. The Hall–Kier alpha value is -0.470. The van der Waals surface area contributed by atoms with Crippen molar-refractivity contribution >= 4 is 11.8 Å². The van der Waals surface area contributed by atoms with Crippen molar-refractivity contribution in [2.45, 2.75) is 44.4 Å². The molecule has 0 bridgehead atoms. The third-order valence-electron chi connectivity index (χ3n) is 4.56. The molecule has 1 nitrogen and oxygen atoms in total. The number of hydrogen-bond acceptors (Lipinski definition) is 2. The highest BCUT2D eigenvalue weighted by Gasteiger charge is 2.30. The maximum atomic E-state index is 3.84. The first-order valence-electron chi connectivity index (χ1n) is 7.16. The van der Waals surface area contributed by atoms with E-state index in [1.165, 1.54) is 54.9 Å². The fraction of sp³-hybridized carbons (Fsp3) is 0.625. The molecule has 1 heterocycles. The molecule has 1 fully saturated rings. The summed E-state index contributed by atoms with van der Waals surface area (Å²) in [5.41, 5.74) is 3.62. The second-order valence-electron chi connectivity index (χ2n) is 6.17. The average Bonchev–Trinajstić information content (AvgIpc) is 2.84. The highest BCUT2D eigenvalue weighted by atomic mass is 32.2. The van der Waals surface area contributed by atoms with Crippen LogP contribution >= 0.6 is 11.8 Å². The largest absolute Gasteiger partial charge is 0.309 e. The van der Waals surface area contributed by atoms with E-state index < -0.39 is 0 Å². The Labute approximate surface area is 115 Å². The van der Waals surface area contributed by atoms with Crippen molar-refractivity contribution < 1.29 is 0 Å². The second kappa shape index (κ2) is 5.26. The summed E-state index contributed by atoms with van der Waals surface area (Å²) in [4.78, 5) is 0. The van der Waals surface area contributed by atoms with Crippen molar-refractivity contribution in [1.82, 2.24) is 5.32 Å². The number of nitrogens with one attached hydrogen (secondary N) is 1. The molecule has 0 aromatic heterocycles. The normalized spacial score (nSPS) is 25.9. The molecule has 2 heteroatoms. The first kappa shape index (κ1) is 12.6. The molecule has 0 radical (unpaired) electrons. The van der Waals surface area contributed by atoms with Gasteiger partial charge in [0.05, 0.1) is 0 Å². The lowest BCUT2D eigenvalue weighted by atomic mass is 9.88. The molecule has 1 atom stereocenters. The van der Waals surface area contributed by atoms with Gasteiger partial charge >= 0.3 is 0 Å². The van der Waals surface area contributed by atoms with Crippen molar-refractivity contribution in [3.8, 4) is 0 Å². The molecule has 98 valence electrons. The zero-order chi connectivity index (χ0) is 12.4. The Morgan fingerprint density at radius 1 is 1.28 bits per heavy atom. The van der Waals surface area contributed by atoms with Gasteiger partial charge in [0, 0.05) is 24.1 Å². The van der Waals surface area contributed by atoms with E-state index in [1.807, 2.05) is 0 Å². The highest BCUT2D eigenvalue weighted by molar-refractivity contribution is 7.98. The van der Waals surface area contributed by atoms with Gasteiger partial charge in [-0.25, -0.2) is 0 Å². The number of thioether (sulfide) groups is 1. The van der Waals surface area contributed by atoms with Gasteiger partial charge in [0.15, 0.2) is 0 Å². The van der Waals surface area contributed by atoms with E-state index in [9.17, 15) is 0 Å². The van der Waals surface area contributed by atoms with E-state index in [1.54, 1.807) is 0 Å². The van der Waals surface area contributed by atoms with Gasteiger partial charge in [-0.3, -0.25) is 0 Å². The molecule has 0 spiro atoms. The van der Waals surface area contributed by atoms with Crippen LogP contribution in [-0.4, -0.2) is 12.3 Å².